The summed E-state index contributed by atoms with van der Waals surface area (Å²) in [6.45, 7) is -0.434. The molecule has 0 aliphatic rings. The fraction of sp³-hybridized carbons (Fsp3) is 0.133. The van der Waals surface area contributed by atoms with E-state index in [0.29, 0.717) is 15.6 Å². The summed E-state index contributed by atoms with van der Waals surface area (Å²) in [6.07, 6.45) is 0. The van der Waals surface area contributed by atoms with Crippen molar-refractivity contribution in [3.05, 3.63) is 40.8 Å². The van der Waals surface area contributed by atoms with Gasteiger partial charge in [-0.3, -0.25) is 10.1 Å². The van der Waals surface area contributed by atoms with Crippen LogP contribution in [-0.4, -0.2) is 30.6 Å². The minimum absolute atomic E-state index is 0.0155. The molecule has 0 spiro atoms. The third kappa shape index (κ3) is 3.74. The van der Waals surface area contributed by atoms with Crippen LogP contribution in [0.25, 0.3) is 10.2 Å². The second-order valence-corrected chi connectivity index (χ2v) is 6.39. The number of esters is 1. The van der Waals surface area contributed by atoms with Crippen molar-refractivity contribution < 1.29 is 23.5 Å². The molecule has 2 heterocycles. The Morgan fingerprint density at radius 3 is 2.88 bits per heavy atom. The first kappa shape index (κ1) is 16.5. The second kappa shape index (κ2) is 7.02. The third-order valence-corrected chi connectivity index (χ3v) is 4.31. The number of nitrogens with one attached hydrogen (secondary N) is 1. The Kier molecular flexibility index (Phi) is 4.81. The number of methoxy groups -OCH3 is 1. The van der Waals surface area contributed by atoms with E-state index >= 15 is 0 Å². The van der Waals surface area contributed by atoms with E-state index in [-0.39, 0.29) is 5.76 Å². The van der Waals surface area contributed by atoms with Crippen LogP contribution < -0.4 is 10.1 Å². The number of halogens is 1. The van der Waals surface area contributed by atoms with Gasteiger partial charge in [0, 0.05) is 0 Å². The number of ether oxygens (including phenoxy) is 2. The molecule has 24 heavy (non-hydrogen) atoms. The highest BCUT2D eigenvalue weighted by Crippen LogP contribution is 2.29. The lowest BCUT2D eigenvalue weighted by Crippen LogP contribution is -2.20. The summed E-state index contributed by atoms with van der Waals surface area (Å²) in [5.74, 6) is -0.478. The average Bonchev–Trinajstić information content (AvgIpc) is 3.17. The standard InChI is InChI=1S/C15H11BrN2O5S/c1-21-8-2-3-9-11(6-8)24-15(17-9)18-13(19)7-22-14(20)10-4-5-12(16)23-10/h2-6H,7H2,1H3,(H,17,18,19). The quantitative estimate of drug-likeness (QED) is 0.647. The van der Waals surface area contributed by atoms with E-state index in [1.807, 2.05) is 6.07 Å². The topological polar surface area (TPSA) is 90.7 Å². The average molecular weight is 411 g/mol. The third-order valence-electron chi connectivity index (χ3n) is 2.95. The Morgan fingerprint density at radius 2 is 2.17 bits per heavy atom. The molecule has 0 saturated heterocycles. The van der Waals surface area contributed by atoms with Gasteiger partial charge in [0.2, 0.25) is 5.76 Å². The zero-order chi connectivity index (χ0) is 17.1. The van der Waals surface area contributed by atoms with Crippen LogP contribution in [0, 0.1) is 0 Å². The molecular formula is C15H11BrN2O5S. The lowest BCUT2D eigenvalue weighted by atomic mass is 10.3. The van der Waals surface area contributed by atoms with Gasteiger partial charge in [-0.1, -0.05) is 11.3 Å². The van der Waals surface area contributed by atoms with Gasteiger partial charge in [-0.05, 0) is 46.3 Å². The van der Waals surface area contributed by atoms with Gasteiger partial charge in [0.15, 0.2) is 16.4 Å². The number of thiazole rings is 1. The van der Waals surface area contributed by atoms with Crippen molar-refractivity contribution in [2.24, 2.45) is 0 Å². The van der Waals surface area contributed by atoms with E-state index in [0.717, 1.165) is 10.2 Å². The molecule has 0 atom stereocenters. The van der Waals surface area contributed by atoms with Crippen molar-refractivity contribution in [2.45, 2.75) is 0 Å². The van der Waals surface area contributed by atoms with Crippen molar-refractivity contribution in [2.75, 3.05) is 19.0 Å². The number of rotatable bonds is 5. The number of amides is 1. The summed E-state index contributed by atoms with van der Waals surface area (Å²) in [6, 6.07) is 8.43. The van der Waals surface area contributed by atoms with Crippen molar-refractivity contribution in [3.63, 3.8) is 0 Å². The van der Waals surface area contributed by atoms with Crippen LogP contribution in [0.5, 0.6) is 5.75 Å². The lowest BCUT2D eigenvalue weighted by Gasteiger charge is -2.02. The molecular weight excluding hydrogens is 400 g/mol. The minimum atomic E-state index is -0.718. The van der Waals surface area contributed by atoms with Crippen molar-refractivity contribution in [1.29, 1.82) is 0 Å². The monoisotopic (exact) mass is 410 g/mol. The van der Waals surface area contributed by atoms with E-state index in [2.05, 4.69) is 26.2 Å². The zero-order valence-corrected chi connectivity index (χ0v) is 14.8. The Bertz CT molecular complexity index is 904. The van der Waals surface area contributed by atoms with Crippen LogP contribution in [-0.2, 0) is 9.53 Å². The van der Waals surface area contributed by atoms with Gasteiger partial charge < -0.3 is 13.9 Å². The maximum Gasteiger partial charge on any atom is 0.374 e. The highest BCUT2D eigenvalue weighted by atomic mass is 79.9. The molecule has 1 amide bonds. The summed E-state index contributed by atoms with van der Waals surface area (Å²) in [5.41, 5.74) is 0.744. The van der Waals surface area contributed by atoms with Gasteiger partial charge in [-0.15, -0.1) is 0 Å². The van der Waals surface area contributed by atoms with Gasteiger partial charge in [0.1, 0.15) is 5.75 Å². The molecule has 0 saturated carbocycles. The molecule has 0 radical (unpaired) electrons. The first-order valence-electron chi connectivity index (χ1n) is 6.72. The number of hydrogen-bond acceptors (Lipinski definition) is 7. The van der Waals surface area contributed by atoms with Gasteiger partial charge in [-0.25, -0.2) is 9.78 Å². The molecule has 1 N–H and O–H groups in total. The van der Waals surface area contributed by atoms with Crippen LogP contribution in [0.4, 0.5) is 5.13 Å². The Hall–Kier alpha value is -2.39. The summed E-state index contributed by atoms with van der Waals surface area (Å²) in [4.78, 5) is 27.8. The number of fused-ring (bicyclic) bond motifs is 1. The van der Waals surface area contributed by atoms with Gasteiger partial charge in [0.05, 0.1) is 17.3 Å². The number of furan rings is 1. The van der Waals surface area contributed by atoms with Crippen LogP contribution in [0.15, 0.2) is 39.4 Å². The molecule has 2 aromatic heterocycles. The Labute approximate surface area is 148 Å². The predicted molar refractivity (Wildman–Crippen MR) is 91.5 cm³/mol. The SMILES string of the molecule is COc1ccc2nc(NC(=O)COC(=O)c3ccc(Br)o3)sc2c1. The molecule has 0 aliphatic heterocycles. The van der Waals surface area contributed by atoms with Gasteiger partial charge in [-0.2, -0.15) is 0 Å². The maximum absolute atomic E-state index is 11.9. The summed E-state index contributed by atoms with van der Waals surface area (Å²) >= 11 is 4.38. The molecule has 0 unspecified atom stereocenters. The number of anilines is 1. The number of aromatic nitrogens is 1. The van der Waals surface area contributed by atoms with Crippen LogP contribution in [0.1, 0.15) is 10.6 Å². The molecule has 3 rings (SSSR count). The van der Waals surface area contributed by atoms with E-state index < -0.39 is 18.5 Å². The van der Waals surface area contributed by atoms with Crippen molar-refractivity contribution >= 4 is 54.5 Å². The molecule has 1 aromatic carbocycles. The predicted octanol–water partition coefficient (Wildman–Crippen LogP) is 3.46. The number of benzene rings is 1. The number of hydrogen-bond donors (Lipinski definition) is 1. The second-order valence-electron chi connectivity index (χ2n) is 4.58. The number of carbonyl (C=O) groups is 2. The zero-order valence-electron chi connectivity index (χ0n) is 12.4. The van der Waals surface area contributed by atoms with E-state index in [9.17, 15) is 9.59 Å². The lowest BCUT2D eigenvalue weighted by molar-refractivity contribution is -0.119. The van der Waals surface area contributed by atoms with E-state index in [1.54, 1.807) is 25.3 Å². The van der Waals surface area contributed by atoms with Crippen molar-refractivity contribution in [3.8, 4) is 5.75 Å². The molecule has 0 fully saturated rings. The fourth-order valence-electron chi connectivity index (χ4n) is 1.87. The number of nitrogens with zero attached hydrogens (tertiary/aromatic N) is 1. The fourth-order valence-corrected chi connectivity index (χ4v) is 3.08. The number of carbonyl (C=O) groups excluding carboxylic acids is 2. The first-order chi connectivity index (χ1) is 11.5. The molecule has 3 aromatic rings. The molecule has 9 heteroatoms. The van der Waals surface area contributed by atoms with Gasteiger partial charge >= 0.3 is 5.97 Å². The van der Waals surface area contributed by atoms with Crippen LogP contribution >= 0.6 is 27.3 Å². The van der Waals surface area contributed by atoms with Crippen LogP contribution in [0.3, 0.4) is 0 Å². The summed E-state index contributed by atoms with van der Waals surface area (Å²) in [5, 5.41) is 3.01. The highest BCUT2D eigenvalue weighted by molar-refractivity contribution is 9.10. The van der Waals surface area contributed by atoms with E-state index in [4.69, 9.17) is 13.9 Å². The molecule has 7 nitrogen and oxygen atoms in total. The smallest absolute Gasteiger partial charge is 0.374 e. The first-order valence-corrected chi connectivity index (χ1v) is 8.33. The highest BCUT2D eigenvalue weighted by Gasteiger charge is 2.15. The molecule has 0 aliphatic carbocycles. The largest absolute Gasteiger partial charge is 0.497 e. The maximum atomic E-state index is 11.9. The summed E-state index contributed by atoms with van der Waals surface area (Å²) < 4.78 is 16.3. The van der Waals surface area contributed by atoms with Gasteiger partial charge in [0.25, 0.3) is 5.91 Å². The van der Waals surface area contributed by atoms with Crippen LogP contribution in [0.2, 0.25) is 0 Å². The summed E-state index contributed by atoms with van der Waals surface area (Å²) in [7, 11) is 1.58. The minimum Gasteiger partial charge on any atom is -0.497 e. The Balaban J connectivity index is 1.59. The van der Waals surface area contributed by atoms with Crippen molar-refractivity contribution in [1.82, 2.24) is 4.98 Å². The Morgan fingerprint density at radius 1 is 1.33 bits per heavy atom. The van der Waals surface area contributed by atoms with E-state index in [1.165, 1.54) is 17.4 Å². The normalized spacial score (nSPS) is 10.6. The molecule has 124 valence electrons. The molecule has 0 bridgehead atoms.